The zero-order valence-electron chi connectivity index (χ0n) is 17.7. The number of nitrogens with one attached hydrogen (secondary N) is 1. The molecule has 9 heteroatoms. The summed E-state index contributed by atoms with van der Waals surface area (Å²) in [6.07, 6.45) is 4.67. The molecule has 2 atom stereocenters. The van der Waals surface area contributed by atoms with Crippen molar-refractivity contribution in [3.8, 4) is 0 Å². The minimum absolute atomic E-state index is 0.0470. The average molecular weight is 420 g/mol. The highest BCUT2D eigenvalue weighted by Gasteiger charge is 2.39. The topological polar surface area (TPSA) is 107 Å². The molecular weight excluding hydrogens is 382 g/mol. The van der Waals surface area contributed by atoms with Gasteiger partial charge in [-0.05, 0) is 43.9 Å². The van der Waals surface area contributed by atoms with Crippen LogP contribution in [0.1, 0.15) is 59.3 Å². The van der Waals surface area contributed by atoms with Crippen LogP contribution in [0.25, 0.3) is 0 Å². The van der Waals surface area contributed by atoms with Crippen LogP contribution in [0.2, 0.25) is 0 Å². The van der Waals surface area contributed by atoms with Gasteiger partial charge in [0.15, 0.2) is 0 Å². The van der Waals surface area contributed by atoms with E-state index in [1.54, 1.807) is 10.4 Å². The molecule has 1 saturated heterocycles. The van der Waals surface area contributed by atoms with Gasteiger partial charge in [-0.3, -0.25) is 14.8 Å². The van der Waals surface area contributed by atoms with E-state index in [-0.39, 0.29) is 24.1 Å². The Morgan fingerprint density at radius 1 is 1.18 bits per heavy atom. The van der Waals surface area contributed by atoms with E-state index < -0.39 is 27.8 Å². The van der Waals surface area contributed by atoms with E-state index in [2.05, 4.69) is 0 Å². The maximum atomic E-state index is 13.1. The van der Waals surface area contributed by atoms with Gasteiger partial charge in [0, 0.05) is 26.7 Å². The first-order valence-corrected chi connectivity index (χ1v) is 11.9. The minimum atomic E-state index is -3.46. The number of hydrogen-bond donors (Lipinski definition) is 2. The van der Waals surface area contributed by atoms with Gasteiger partial charge in [0.25, 0.3) is 5.91 Å². The number of unbranched alkanes of at least 4 members (excludes halogenated alkanes) is 1. The number of carbonyl (C=O) groups excluding carboxylic acids is 2. The normalized spacial score (nSPS) is 17.6. The third kappa shape index (κ3) is 7.33. The van der Waals surface area contributed by atoms with Gasteiger partial charge < -0.3 is 4.90 Å². The molecule has 1 fully saturated rings. The van der Waals surface area contributed by atoms with Crippen LogP contribution in [0, 0.1) is 17.8 Å². The molecule has 0 unspecified atom stereocenters. The first kappa shape index (κ1) is 24.8. The molecule has 1 aliphatic heterocycles. The predicted molar refractivity (Wildman–Crippen MR) is 108 cm³/mol. The maximum absolute atomic E-state index is 13.1. The van der Waals surface area contributed by atoms with Crippen LogP contribution in [0.5, 0.6) is 0 Å². The van der Waals surface area contributed by atoms with Gasteiger partial charge in [-0.1, -0.05) is 27.2 Å². The van der Waals surface area contributed by atoms with Crippen LogP contribution in [-0.2, 0) is 19.6 Å². The molecule has 1 heterocycles. The van der Waals surface area contributed by atoms with E-state index in [4.69, 9.17) is 0 Å². The van der Waals surface area contributed by atoms with E-state index in [1.165, 1.54) is 11.4 Å². The van der Waals surface area contributed by atoms with Gasteiger partial charge in [0.2, 0.25) is 15.9 Å². The van der Waals surface area contributed by atoms with Crippen molar-refractivity contribution in [2.75, 3.05) is 32.4 Å². The molecule has 1 aliphatic rings. The van der Waals surface area contributed by atoms with Crippen LogP contribution >= 0.6 is 0 Å². The number of nitrogens with zero attached hydrogens (tertiary/aromatic N) is 2. The van der Waals surface area contributed by atoms with Crippen molar-refractivity contribution in [3.05, 3.63) is 0 Å². The molecule has 2 N–H and O–H groups in total. The summed E-state index contributed by atoms with van der Waals surface area (Å²) in [5, 5.41) is 9.24. The van der Waals surface area contributed by atoms with Crippen molar-refractivity contribution in [1.29, 1.82) is 0 Å². The highest BCUT2D eigenvalue weighted by molar-refractivity contribution is 7.89. The second kappa shape index (κ2) is 11.7. The molecule has 1 rings (SSSR count). The Morgan fingerprint density at radius 3 is 2.29 bits per heavy atom. The summed E-state index contributed by atoms with van der Waals surface area (Å²) in [4.78, 5) is 27.2. The van der Waals surface area contributed by atoms with Gasteiger partial charge in [0.1, 0.15) is 5.92 Å². The second-order valence-electron chi connectivity index (χ2n) is 8.18. The number of rotatable bonds is 11. The highest BCUT2D eigenvalue weighted by Crippen LogP contribution is 2.26. The fourth-order valence-electron chi connectivity index (χ4n) is 3.76. The third-order valence-corrected chi connectivity index (χ3v) is 7.20. The Balaban J connectivity index is 3.09. The average Bonchev–Trinajstić information content (AvgIpc) is 2.66. The summed E-state index contributed by atoms with van der Waals surface area (Å²) in [5.41, 5.74) is 1.63. The van der Waals surface area contributed by atoms with Gasteiger partial charge in [0.05, 0.1) is 5.75 Å². The number of amides is 2. The third-order valence-electron chi connectivity index (χ3n) is 5.29. The maximum Gasteiger partial charge on any atom is 0.256 e. The lowest BCUT2D eigenvalue weighted by Crippen LogP contribution is -2.50. The summed E-state index contributed by atoms with van der Waals surface area (Å²) >= 11 is 0. The Bertz CT molecular complexity index is 603. The summed E-state index contributed by atoms with van der Waals surface area (Å²) in [5.74, 6) is -2.49. The van der Waals surface area contributed by atoms with E-state index in [0.29, 0.717) is 25.9 Å². The van der Waals surface area contributed by atoms with Crippen LogP contribution in [-0.4, -0.2) is 67.1 Å². The molecular formula is C19H37N3O5S. The van der Waals surface area contributed by atoms with Crippen molar-refractivity contribution in [2.24, 2.45) is 17.8 Å². The number of likely N-dealkylation sites (tertiary alicyclic amines) is 1. The Hall–Kier alpha value is -1.19. The van der Waals surface area contributed by atoms with Gasteiger partial charge in [-0.2, -0.15) is 0 Å². The molecule has 28 heavy (non-hydrogen) atoms. The lowest BCUT2D eigenvalue weighted by molar-refractivity contribution is -0.149. The quantitative estimate of drug-likeness (QED) is 0.302. The smallest absolute Gasteiger partial charge is 0.256 e. The zero-order valence-corrected chi connectivity index (χ0v) is 18.5. The second-order valence-corrected chi connectivity index (χ2v) is 10.4. The fraction of sp³-hybridized carbons (Fsp3) is 0.895. The molecule has 0 aliphatic carbocycles. The van der Waals surface area contributed by atoms with Gasteiger partial charge >= 0.3 is 0 Å². The molecule has 164 valence electrons. The predicted octanol–water partition coefficient (Wildman–Crippen LogP) is 1.84. The van der Waals surface area contributed by atoms with E-state index >= 15 is 0 Å². The number of hydrogen-bond acceptors (Lipinski definition) is 5. The molecule has 8 nitrogen and oxygen atoms in total. The van der Waals surface area contributed by atoms with Crippen LogP contribution in [0.4, 0.5) is 0 Å². The number of hydroxylamine groups is 1. The molecule has 0 bridgehead atoms. The Kier molecular flexibility index (Phi) is 10.4. The van der Waals surface area contributed by atoms with Crippen LogP contribution in [0.15, 0.2) is 0 Å². The molecule has 0 spiro atoms. The molecule has 0 radical (unpaired) electrons. The van der Waals surface area contributed by atoms with Gasteiger partial charge in [-0.15, -0.1) is 0 Å². The monoisotopic (exact) mass is 419 g/mol. The van der Waals surface area contributed by atoms with Crippen molar-refractivity contribution >= 4 is 21.8 Å². The van der Waals surface area contributed by atoms with Crippen molar-refractivity contribution in [1.82, 2.24) is 14.7 Å². The molecule has 0 aromatic carbocycles. The van der Waals surface area contributed by atoms with E-state index in [1.807, 2.05) is 20.8 Å². The zero-order chi connectivity index (χ0) is 21.3. The van der Waals surface area contributed by atoms with E-state index in [9.17, 15) is 23.2 Å². The SMILES string of the molecule is CCCCS(=O)(=O)N(C)C[C@H](CC(C)C)[C@H](C(=O)NO)C(=O)N1CCCCC1. The number of piperidine rings is 1. The summed E-state index contributed by atoms with van der Waals surface area (Å²) in [6.45, 7) is 7.12. The highest BCUT2D eigenvalue weighted by atomic mass is 32.2. The first-order valence-electron chi connectivity index (χ1n) is 10.3. The summed E-state index contributed by atoms with van der Waals surface area (Å²) in [6, 6.07) is 0. The number of sulfonamides is 1. The summed E-state index contributed by atoms with van der Waals surface area (Å²) in [7, 11) is -1.96. The van der Waals surface area contributed by atoms with Crippen molar-refractivity contribution in [2.45, 2.75) is 59.3 Å². The molecule has 2 amide bonds. The Labute approximate surface area is 169 Å². The van der Waals surface area contributed by atoms with Crippen LogP contribution < -0.4 is 5.48 Å². The summed E-state index contributed by atoms with van der Waals surface area (Å²) < 4.78 is 26.3. The standard InChI is InChI=1S/C19H37N3O5S/c1-5-6-12-28(26,27)21(4)14-16(13-15(2)3)17(18(23)20-25)19(24)22-10-8-7-9-11-22/h15-17,25H,5-14H2,1-4H3,(H,20,23)/t16-,17+/m0/s1. The van der Waals surface area contributed by atoms with E-state index in [0.717, 1.165) is 25.7 Å². The number of carbonyl (C=O) groups is 2. The lowest BCUT2D eigenvalue weighted by Gasteiger charge is -2.34. The Morgan fingerprint density at radius 2 is 1.79 bits per heavy atom. The molecule has 0 aromatic rings. The largest absolute Gasteiger partial charge is 0.342 e. The minimum Gasteiger partial charge on any atom is -0.342 e. The van der Waals surface area contributed by atoms with Crippen LogP contribution in [0.3, 0.4) is 0 Å². The lowest BCUT2D eigenvalue weighted by atomic mass is 9.83. The first-order chi connectivity index (χ1) is 13.1. The molecule has 0 aromatic heterocycles. The van der Waals surface area contributed by atoms with Gasteiger partial charge in [-0.25, -0.2) is 18.2 Å². The molecule has 0 saturated carbocycles. The van der Waals surface area contributed by atoms with Crippen molar-refractivity contribution in [3.63, 3.8) is 0 Å². The van der Waals surface area contributed by atoms with Crippen molar-refractivity contribution < 1.29 is 23.2 Å². The fourth-order valence-corrected chi connectivity index (χ4v) is 5.14.